The highest BCUT2D eigenvalue weighted by atomic mass is 16.5. The maximum absolute atomic E-state index is 11.5. The number of imidazole rings is 1. The summed E-state index contributed by atoms with van der Waals surface area (Å²) >= 11 is 0. The first-order chi connectivity index (χ1) is 11.8. The predicted octanol–water partition coefficient (Wildman–Crippen LogP) is 4.30. The predicted molar refractivity (Wildman–Crippen MR) is 101 cm³/mol. The fourth-order valence-electron chi connectivity index (χ4n) is 2.36. The third-order valence-electron chi connectivity index (χ3n) is 3.87. The van der Waals surface area contributed by atoms with Gasteiger partial charge in [0.1, 0.15) is 5.82 Å². The standard InChI is InChI=1S/C20H29N3O2/c1-14(2)13-25-19(24)21-11-10-18-22-12-17(23-18)15-6-8-16(9-7-15)20(3,4)5/h6-9,12,14H,10-11,13H2,1-5H3,(H,21,24)(H,22,23). The lowest BCUT2D eigenvalue weighted by Crippen LogP contribution is -2.27. The average molecular weight is 343 g/mol. The van der Waals surface area contributed by atoms with E-state index in [4.69, 9.17) is 4.74 Å². The molecule has 1 amide bonds. The van der Waals surface area contributed by atoms with Crippen LogP contribution in [0.3, 0.4) is 0 Å². The van der Waals surface area contributed by atoms with E-state index in [9.17, 15) is 4.79 Å². The molecule has 0 spiro atoms. The van der Waals surface area contributed by atoms with Crippen LogP contribution in [0.1, 0.15) is 46.0 Å². The van der Waals surface area contributed by atoms with Crippen molar-refractivity contribution in [3.05, 3.63) is 41.9 Å². The summed E-state index contributed by atoms with van der Waals surface area (Å²) in [6.07, 6.45) is 2.09. The molecule has 0 aliphatic heterocycles. The topological polar surface area (TPSA) is 67.0 Å². The molecule has 1 aromatic heterocycles. The van der Waals surface area contributed by atoms with Crippen molar-refractivity contribution in [3.8, 4) is 11.3 Å². The number of hydrogen-bond donors (Lipinski definition) is 2. The Labute approximate surface area is 150 Å². The highest BCUT2D eigenvalue weighted by molar-refractivity contribution is 5.67. The molecule has 1 heterocycles. The molecule has 0 saturated heterocycles. The summed E-state index contributed by atoms with van der Waals surface area (Å²) in [5.74, 6) is 1.18. The molecule has 5 heteroatoms. The Morgan fingerprint density at radius 2 is 1.92 bits per heavy atom. The number of H-pyrrole nitrogens is 1. The first kappa shape index (κ1) is 19.0. The number of amides is 1. The maximum Gasteiger partial charge on any atom is 0.407 e. The highest BCUT2D eigenvalue weighted by Gasteiger charge is 2.13. The van der Waals surface area contributed by atoms with Gasteiger partial charge in [0.05, 0.1) is 18.5 Å². The van der Waals surface area contributed by atoms with Crippen LogP contribution in [0.4, 0.5) is 4.79 Å². The van der Waals surface area contributed by atoms with Gasteiger partial charge in [-0.15, -0.1) is 0 Å². The summed E-state index contributed by atoms with van der Waals surface area (Å²) in [5.41, 5.74) is 3.54. The van der Waals surface area contributed by atoms with Crippen molar-refractivity contribution in [1.29, 1.82) is 0 Å². The number of carbonyl (C=O) groups excluding carboxylic acids is 1. The average Bonchev–Trinajstić information content (AvgIpc) is 3.01. The van der Waals surface area contributed by atoms with Crippen LogP contribution in [0.5, 0.6) is 0 Å². The summed E-state index contributed by atoms with van der Waals surface area (Å²) in [4.78, 5) is 19.2. The minimum Gasteiger partial charge on any atom is -0.449 e. The molecular formula is C20H29N3O2. The number of carbonyl (C=O) groups is 1. The number of alkyl carbamates (subject to hydrolysis) is 1. The first-order valence-electron chi connectivity index (χ1n) is 8.81. The van der Waals surface area contributed by atoms with E-state index in [1.54, 1.807) is 0 Å². The third-order valence-corrected chi connectivity index (χ3v) is 3.87. The van der Waals surface area contributed by atoms with Crippen molar-refractivity contribution in [2.75, 3.05) is 13.2 Å². The number of ether oxygens (including phenoxy) is 1. The second-order valence-electron chi connectivity index (χ2n) is 7.74. The number of hydrogen-bond acceptors (Lipinski definition) is 3. The molecule has 5 nitrogen and oxygen atoms in total. The molecular weight excluding hydrogens is 314 g/mol. The van der Waals surface area contributed by atoms with Crippen molar-refractivity contribution in [2.24, 2.45) is 5.92 Å². The number of rotatable bonds is 6. The largest absolute Gasteiger partial charge is 0.449 e. The quantitative estimate of drug-likeness (QED) is 0.822. The fraction of sp³-hybridized carbons (Fsp3) is 0.500. The summed E-state index contributed by atoms with van der Waals surface area (Å²) in [6.45, 7) is 11.5. The van der Waals surface area contributed by atoms with Gasteiger partial charge in [0.15, 0.2) is 0 Å². The van der Waals surface area contributed by atoms with Crippen LogP contribution in [0.2, 0.25) is 0 Å². The second-order valence-corrected chi connectivity index (χ2v) is 7.74. The molecule has 2 rings (SSSR count). The summed E-state index contributed by atoms with van der Waals surface area (Å²) in [5, 5.41) is 2.74. The van der Waals surface area contributed by atoms with Crippen LogP contribution in [0.25, 0.3) is 11.3 Å². The number of nitrogens with zero attached hydrogens (tertiary/aromatic N) is 1. The van der Waals surface area contributed by atoms with E-state index in [0.717, 1.165) is 17.1 Å². The molecule has 136 valence electrons. The number of nitrogens with one attached hydrogen (secondary N) is 2. The zero-order valence-electron chi connectivity index (χ0n) is 15.8. The molecule has 2 aromatic rings. The Morgan fingerprint density at radius 1 is 1.24 bits per heavy atom. The van der Waals surface area contributed by atoms with Crippen molar-refractivity contribution in [2.45, 2.75) is 46.5 Å². The molecule has 25 heavy (non-hydrogen) atoms. The lowest BCUT2D eigenvalue weighted by Gasteiger charge is -2.18. The normalized spacial score (nSPS) is 11.6. The Hall–Kier alpha value is -2.30. The van der Waals surface area contributed by atoms with E-state index in [1.165, 1.54) is 5.56 Å². The molecule has 0 unspecified atom stereocenters. The van der Waals surface area contributed by atoms with Crippen molar-refractivity contribution < 1.29 is 9.53 Å². The molecule has 0 saturated carbocycles. The number of aromatic amines is 1. The van der Waals surface area contributed by atoms with Gasteiger partial charge < -0.3 is 15.0 Å². The van der Waals surface area contributed by atoms with Gasteiger partial charge in [-0.3, -0.25) is 0 Å². The van der Waals surface area contributed by atoms with E-state index in [2.05, 4.69) is 60.3 Å². The SMILES string of the molecule is CC(C)COC(=O)NCCc1ncc(-c2ccc(C(C)(C)C)cc2)[nH]1. The van der Waals surface area contributed by atoms with E-state index in [0.29, 0.717) is 25.5 Å². The van der Waals surface area contributed by atoms with Gasteiger partial charge >= 0.3 is 6.09 Å². The van der Waals surface area contributed by atoms with Crippen LogP contribution in [-0.4, -0.2) is 29.2 Å². The van der Waals surface area contributed by atoms with Crippen molar-refractivity contribution in [3.63, 3.8) is 0 Å². The molecule has 0 radical (unpaired) electrons. The molecule has 0 fully saturated rings. The lowest BCUT2D eigenvalue weighted by atomic mass is 9.86. The van der Waals surface area contributed by atoms with Crippen molar-refractivity contribution >= 4 is 6.09 Å². The van der Waals surface area contributed by atoms with Gasteiger partial charge in [0.25, 0.3) is 0 Å². The number of aromatic nitrogens is 2. The van der Waals surface area contributed by atoms with Gasteiger partial charge in [-0.05, 0) is 22.5 Å². The molecule has 0 bridgehead atoms. The Morgan fingerprint density at radius 3 is 2.52 bits per heavy atom. The third kappa shape index (κ3) is 5.93. The maximum atomic E-state index is 11.5. The fourth-order valence-corrected chi connectivity index (χ4v) is 2.36. The zero-order chi connectivity index (χ0) is 18.4. The Kier molecular flexibility index (Phi) is 6.23. The molecule has 1 aromatic carbocycles. The van der Waals surface area contributed by atoms with E-state index >= 15 is 0 Å². The number of benzene rings is 1. The minimum atomic E-state index is -0.377. The molecule has 0 atom stereocenters. The monoisotopic (exact) mass is 343 g/mol. The molecule has 0 aliphatic carbocycles. The van der Waals surface area contributed by atoms with Crippen LogP contribution < -0.4 is 5.32 Å². The Balaban J connectivity index is 1.87. The van der Waals surface area contributed by atoms with E-state index in [-0.39, 0.29) is 11.5 Å². The van der Waals surface area contributed by atoms with Crippen LogP contribution in [-0.2, 0) is 16.6 Å². The van der Waals surface area contributed by atoms with E-state index < -0.39 is 0 Å². The van der Waals surface area contributed by atoms with Crippen LogP contribution in [0, 0.1) is 5.92 Å². The minimum absolute atomic E-state index is 0.146. The first-order valence-corrected chi connectivity index (χ1v) is 8.81. The van der Waals surface area contributed by atoms with Gasteiger partial charge in [0, 0.05) is 13.0 Å². The van der Waals surface area contributed by atoms with Crippen LogP contribution >= 0.6 is 0 Å². The molecule has 2 N–H and O–H groups in total. The summed E-state index contributed by atoms with van der Waals surface area (Å²) in [6, 6.07) is 8.53. The molecule has 0 aliphatic rings. The van der Waals surface area contributed by atoms with Crippen molar-refractivity contribution in [1.82, 2.24) is 15.3 Å². The second kappa shape index (κ2) is 8.19. The van der Waals surface area contributed by atoms with Gasteiger partial charge in [-0.2, -0.15) is 0 Å². The zero-order valence-corrected chi connectivity index (χ0v) is 15.8. The van der Waals surface area contributed by atoms with Gasteiger partial charge in [-0.25, -0.2) is 9.78 Å². The van der Waals surface area contributed by atoms with Gasteiger partial charge in [0.2, 0.25) is 0 Å². The van der Waals surface area contributed by atoms with E-state index in [1.807, 2.05) is 20.0 Å². The Bertz CT molecular complexity index is 682. The summed E-state index contributed by atoms with van der Waals surface area (Å²) < 4.78 is 5.07. The van der Waals surface area contributed by atoms with Crippen LogP contribution in [0.15, 0.2) is 30.5 Å². The van der Waals surface area contributed by atoms with Gasteiger partial charge in [-0.1, -0.05) is 58.9 Å². The summed E-state index contributed by atoms with van der Waals surface area (Å²) in [7, 11) is 0. The lowest BCUT2D eigenvalue weighted by molar-refractivity contribution is 0.133. The smallest absolute Gasteiger partial charge is 0.407 e. The highest BCUT2D eigenvalue weighted by Crippen LogP contribution is 2.25.